The van der Waals surface area contributed by atoms with Crippen LogP contribution >= 0.6 is 35.0 Å². The molecule has 0 radical (unpaired) electrons. The summed E-state index contributed by atoms with van der Waals surface area (Å²) in [5.41, 5.74) is 1.71. The van der Waals surface area contributed by atoms with Crippen LogP contribution in [0.4, 0.5) is 0 Å². The Morgan fingerprint density at radius 2 is 1.92 bits per heavy atom. The van der Waals surface area contributed by atoms with Crippen LogP contribution in [0.1, 0.15) is 21.5 Å². The van der Waals surface area contributed by atoms with E-state index >= 15 is 0 Å². The summed E-state index contributed by atoms with van der Waals surface area (Å²) < 4.78 is 0. The molecule has 25 heavy (non-hydrogen) atoms. The maximum Gasteiger partial charge on any atom is 0.339 e. The molecule has 0 atom stereocenters. The molecule has 0 aliphatic carbocycles. The molecule has 1 aliphatic rings. The number of hydrogen-bond donors (Lipinski definition) is 2. The molecule has 0 saturated carbocycles. The minimum atomic E-state index is -1.14. The SMILES string of the molecule is O=C(O)c1cc(C=C2CN(Cc3cc(Cl)cc(Cl)c3)CS2)ccc1O. The number of hydrogen-bond acceptors (Lipinski definition) is 4. The van der Waals surface area contributed by atoms with Crippen molar-refractivity contribution in [3.63, 3.8) is 0 Å². The molecule has 0 unspecified atom stereocenters. The number of thioether (sulfide) groups is 1. The highest BCUT2D eigenvalue weighted by atomic mass is 35.5. The van der Waals surface area contributed by atoms with Crippen molar-refractivity contribution >= 4 is 47.0 Å². The molecule has 0 amide bonds. The summed E-state index contributed by atoms with van der Waals surface area (Å²) in [5, 5.41) is 19.9. The predicted octanol–water partition coefficient (Wildman–Crippen LogP) is 4.94. The average Bonchev–Trinajstić information content (AvgIpc) is 2.95. The van der Waals surface area contributed by atoms with Crippen LogP contribution in [0.3, 0.4) is 0 Å². The zero-order chi connectivity index (χ0) is 18.0. The monoisotopic (exact) mass is 395 g/mol. The summed E-state index contributed by atoms with van der Waals surface area (Å²) in [7, 11) is 0. The molecular weight excluding hydrogens is 381 g/mol. The van der Waals surface area contributed by atoms with E-state index in [1.807, 2.05) is 18.2 Å². The van der Waals surface area contributed by atoms with E-state index in [2.05, 4.69) is 4.90 Å². The zero-order valence-electron chi connectivity index (χ0n) is 13.1. The molecule has 2 aromatic carbocycles. The van der Waals surface area contributed by atoms with Crippen molar-refractivity contribution in [2.45, 2.75) is 6.54 Å². The number of halogens is 2. The molecule has 0 bridgehead atoms. The van der Waals surface area contributed by atoms with Gasteiger partial charge in [-0.3, -0.25) is 4.90 Å². The van der Waals surface area contributed by atoms with Crippen LogP contribution in [0.5, 0.6) is 5.75 Å². The molecule has 1 fully saturated rings. The van der Waals surface area contributed by atoms with E-state index in [4.69, 9.17) is 28.3 Å². The topological polar surface area (TPSA) is 60.8 Å². The third kappa shape index (κ3) is 4.70. The molecule has 7 heteroatoms. The maximum absolute atomic E-state index is 11.1. The largest absolute Gasteiger partial charge is 0.507 e. The van der Waals surface area contributed by atoms with Crippen LogP contribution < -0.4 is 0 Å². The van der Waals surface area contributed by atoms with Crippen molar-refractivity contribution in [1.29, 1.82) is 0 Å². The fraction of sp³-hybridized carbons (Fsp3) is 0.167. The summed E-state index contributed by atoms with van der Waals surface area (Å²) in [5.74, 6) is -0.538. The summed E-state index contributed by atoms with van der Waals surface area (Å²) in [6.07, 6.45) is 1.95. The highest BCUT2D eigenvalue weighted by Crippen LogP contribution is 2.31. The second-order valence-corrected chi connectivity index (χ2v) is 7.67. The Bertz CT molecular complexity index is 834. The van der Waals surface area contributed by atoms with Crippen LogP contribution in [0.25, 0.3) is 6.08 Å². The summed E-state index contributed by atoms with van der Waals surface area (Å²) in [6, 6.07) is 10.1. The van der Waals surface area contributed by atoms with Crippen LogP contribution in [0.15, 0.2) is 41.3 Å². The first-order valence-electron chi connectivity index (χ1n) is 7.48. The van der Waals surface area contributed by atoms with Gasteiger partial charge in [-0.15, -0.1) is 11.8 Å². The number of rotatable bonds is 4. The number of carboxylic acid groups (broad SMARTS) is 1. The Balaban J connectivity index is 1.71. The first-order valence-corrected chi connectivity index (χ1v) is 9.22. The fourth-order valence-corrected chi connectivity index (χ4v) is 4.23. The minimum Gasteiger partial charge on any atom is -0.507 e. The molecule has 1 saturated heterocycles. The summed E-state index contributed by atoms with van der Waals surface area (Å²) in [4.78, 5) is 14.5. The molecular formula is C18H15Cl2NO3S. The quantitative estimate of drug-likeness (QED) is 0.766. The lowest BCUT2D eigenvalue weighted by Crippen LogP contribution is -2.18. The standard InChI is InChI=1S/C18H15Cl2NO3S/c19-13-3-12(4-14(20)7-13)8-21-9-15(25-10-21)5-11-1-2-17(22)16(6-11)18(23)24/h1-7,22H,8-10H2,(H,23,24). The van der Waals surface area contributed by atoms with Crippen molar-refractivity contribution in [2.24, 2.45) is 0 Å². The maximum atomic E-state index is 11.1. The number of aromatic carboxylic acids is 1. The lowest BCUT2D eigenvalue weighted by atomic mass is 10.1. The van der Waals surface area contributed by atoms with Crippen molar-refractivity contribution in [1.82, 2.24) is 4.90 Å². The Hall–Kier alpha value is -1.66. The second-order valence-electron chi connectivity index (χ2n) is 5.73. The van der Waals surface area contributed by atoms with Crippen molar-refractivity contribution in [3.8, 4) is 5.75 Å². The first kappa shape index (κ1) is 18.1. The van der Waals surface area contributed by atoms with Crippen LogP contribution in [-0.4, -0.2) is 33.5 Å². The van der Waals surface area contributed by atoms with Gasteiger partial charge in [-0.05, 0) is 47.5 Å². The lowest BCUT2D eigenvalue weighted by molar-refractivity contribution is 0.0693. The summed E-state index contributed by atoms with van der Waals surface area (Å²) >= 11 is 13.8. The highest BCUT2D eigenvalue weighted by molar-refractivity contribution is 8.03. The Morgan fingerprint density at radius 1 is 1.20 bits per heavy atom. The number of benzene rings is 2. The second kappa shape index (κ2) is 7.70. The number of aromatic hydroxyl groups is 1. The lowest BCUT2D eigenvalue weighted by Gasteiger charge is -2.14. The predicted molar refractivity (Wildman–Crippen MR) is 102 cm³/mol. The van der Waals surface area contributed by atoms with Gasteiger partial charge in [-0.1, -0.05) is 29.3 Å². The number of carboxylic acids is 1. The summed E-state index contributed by atoms with van der Waals surface area (Å²) in [6.45, 7) is 1.50. The van der Waals surface area contributed by atoms with Gasteiger partial charge in [-0.2, -0.15) is 0 Å². The van der Waals surface area contributed by atoms with Gasteiger partial charge < -0.3 is 10.2 Å². The molecule has 1 heterocycles. The number of nitrogens with zero attached hydrogens (tertiary/aromatic N) is 1. The Labute approximate surface area is 159 Å². The molecule has 4 nitrogen and oxygen atoms in total. The van der Waals surface area contributed by atoms with Crippen LogP contribution in [-0.2, 0) is 6.54 Å². The smallest absolute Gasteiger partial charge is 0.339 e. The van der Waals surface area contributed by atoms with Crippen LogP contribution in [0, 0.1) is 0 Å². The van der Waals surface area contributed by atoms with Crippen LogP contribution in [0.2, 0.25) is 10.0 Å². The molecule has 130 valence electrons. The highest BCUT2D eigenvalue weighted by Gasteiger charge is 2.18. The Morgan fingerprint density at radius 3 is 2.60 bits per heavy atom. The normalized spacial score (nSPS) is 16.5. The van der Waals surface area contributed by atoms with Gasteiger partial charge in [-0.25, -0.2) is 4.79 Å². The van der Waals surface area contributed by atoms with Gasteiger partial charge >= 0.3 is 5.97 Å². The van der Waals surface area contributed by atoms with E-state index in [1.54, 1.807) is 23.9 Å². The molecule has 1 aliphatic heterocycles. The van der Waals surface area contributed by atoms with Crippen molar-refractivity contribution < 1.29 is 15.0 Å². The first-order chi connectivity index (χ1) is 11.9. The van der Waals surface area contributed by atoms with E-state index < -0.39 is 5.97 Å². The molecule has 0 aromatic heterocycles. The number of phenols is 1. The van der Waals surface area contributed by atoms with Gasteiger partial charge in [0, 0.05) is 33.9 Å². The molecule has 2 N–H and O–H groups in total. The van der Waals surface area contributed by atoms with Gasteiger partial charge in [0.2, 0.25) is 0 Å². The van der Waals surface area contributed by atoms with E-state index in [0.717, 1.165) is 35.0 Å². The van der Waals surface area contributed by atoms with E-state index in [1.165, 1.54) is 12.1 Å². The molecule has 2 aromatic rings. The van der Waals surface area contributed by atoms with Crippen molar-refractivity contribution in [2.75, 3.05) is 12.4 Å². The average molecular weight is 396 g/mol. The third-order valence-corrected chi connectivity index (χ3v) is 5.27. The van der Waals surface area contributed by atoms with Gasteiger partial charge in [0.15, 0.2) is 0 Å². The Kier molecular flexibility index (Phi) is 5.59. The van der Waals surface area contributed by atoms with Gasteiger partial charge in [0.05, 0.1) is 0 Å². The molecule has 0 spiro atoms. The number of carbonyl (C=O) groups is 1. The molecule has 3 rings (SSSR count). The van der Waals surface area contributed by atoms with Gasteiger partial charge in [0.25, 0.3) is 0 Å². The van der Waals surface area contributed by atoms with E-state index in [-0.39, 0.29) is 11.3 Å². The third-order valence-electron chi connectivity index (χ3n) is 3.72. The minimum absolute atomic E-state index is 0.0947. The zero-order valence-corrected chi connectivity index (χ0v) is 15.4. The van der Waals surface area contributed by atoms with Gasteiger partial charge in [0.1, 0.15) is 11.3 Å². The van der Waals surface area contributed by atoms with E-state index in [9.17, 15) is 9.90 Å². The van der Waals surface area contributed by atoms with Crippen molar-refractivity contribution in [3.05, 3.63) is 68.0 Å². The van der Waals surface area contributed by atoms with E-state index in [0.29, 0.717) is 10.0 Å². The fourth-order valence-electron chi connectivity index (χ4n) is 2.64.